The van der Waals surface area contributed by atoms with Crippen LogP contribution < -0.4 is 10.3 Å². The third kappa shape index (κ3) is 5.37. The van der Waals surface area contributed by atoms with Crippen molar-refractivity contribution in [3.05, 3.63) is 103 Å². The fraction of sp³-hybridized carbons (Fsp3) is 0.250. The second-order valence-electron chi connectivity index (χ2n) is 8.89. The number of fused-ring (bicyclic) bond motifs is 1. The van der Waals surface area contributed by atoms with Crippen LogP contribution in [0.4, 0.5) is 4.39 Å². The van der Waals surface area contributed by atoms with Gasteiger partial charge in [-0.1, -0.05) is 65.0 Å². The van der Waals surface area contributed by atoms with Gasteiger partial charge < -0.3 is 4.74 Å². The van der Waals surface area contributed by atoms with Crippen molar-refractivity contribution < 1.29 is 9.13 Å². The SMILES string of the molecule is O=c1c2cc(Br)ccc2nc(C2CCCCC2)n1N=Cc1cc(Cl)ccc1OCc1ccccc1F. The van der Waals surface area contributed by atoms with Crippen LogP contribution in [0.5, 0.6) is 5.75 Å². The van der Waals surface area contributed by atoms with Gasteiger partial charge in [0.05, 0.1) is 17.1 Å². The van der Waals surface area contributed by atoms with E-state index in [-0.39, 0.29) is 23.9 Å². The van der Waals surface area contributed by atoms with E-state index in [9.17, 15) is 9.18 Å². The van der Waals surface area contributed by atoms with Crippen LogP contribution in [0, 0.1) is 5.82 Å². The fourth-order valence-corrected chi connectivity index (χ4v) is 5.09. The number of ether oxygens (including phenoxy) is 1. The second-order valence-corrected chi connectivity index (χ2v) is 10.2. The summed E-state index contributed by atoms with van der Waals surface area (Å²) in [5.41, 5.74) is 1.45. The van der Waals surface area contributed by atoms with Crippen LogP contribution in [-0.2, 0) is 6.61 Å². The van der Waals surface area contributed by atoms with Crippen molar-refractivity contribution >= 4 is 44.6 Å². The zero-order chi connectivity index (χ0) is 25.1. The first-order chi connectivity index (χ1) is 17.5. The highest BCUT2D eigenvalue weighted by atomic mass is 79.9. The first-order valence-electron chi connectivity index (χ1n) is 11.9. The summed E-state index contributed by atoms with van der Waals surface area (Å²) in [6, 6.07) is 17.1. The van der Waals surface area contributed by atoms with E-state index in [1.807, 2.05) is 12.1 Å². The lowest BCUT2D eigenvalue weighted by Crippen LogP contribution is -2.25. The van der Waals surface area contributed by atoms with Crippen LogP contribution in [0.2, 0.25) is 5.02 Å². The van der Waals surface area contributed by atoms with Crippen molar-refractivity contribution in [1.29, 1.82) is 0 Å². The molecule has 5 nitrogen and oxygen atoms in total. The van der Waals surface area contributed by atoms with Gasteiger partial charge in [0.2, 0.25) is 0 Å². The molecule has 1 heterocycles. The number of rotatable bonds is 6. The molecule has 0 N–H and O–H groups in total. The molecule has 1 saturated carbocycles. The van der Waals surface area contributed by atoms with Crippen molar-refractivity contribution in [3.8, 4) is 5.75 Å². The van der Waals surface area contributed by atoms with Gasteiger partial charge in [0.1, 0.15) is 24.0 Å². The Kier molecular flexibility index (Phi) is 7.48. The molecule has 0 aliphatic heterocycles. The maximum Gasteiger partial charge on any atom is 0.282 e. The van der Waals surface area contributed by atoms with Crippen LogP contribution in [0.1, 0.15) is 55.0 Å². The normalized spacial score (nSPS) is 14.5. The highest BCUT2D eigenvalue weighted by Crippen LogP contribution is 2.32. The predicted octanol–water partition coefficient (Wildman–Crippen LogP) is 7.46. The van der Waals surface area contributed by atoms with Gasteiger partial charge in [-0.25, -0.2) is 9.37 Å². The average molecular weight is 569 g/mol. The molecule has 36 heavy (non-hydrogen) atoms. The van der Waals surface area contributed by atoms with Gasteiger partial charge in [0.15, 0.2) is 0 Å². The predicted molar refractivity (Wildman–Crippen MR) is 145 cm³/mol. The summed E-state index contributed by atoms with van der Waals surface area (Å²) in [5, 5.41) is 5.58. The maximum atomic E-state index is 14.1. The van der Waals surface area contributed by atoms with E-state index >= 15 is 0 Å². The Morgan fingerprint density at radius 3 is 2.72 bits per heavy atom. The lowest BCUT2D eigenvalue weighted by molar-refractivity contribution is 0.299. The zero-order valence-electron chi connectivity index (χ0n) is 19.5. The van der Waals surface area contributed by atoms with Crippen LogP contribution in [0.15, 0.2) is 75.0 Å². The molecule has 184 valence electrons. The van der Waals surface area contributed by atoms with Crippen LogP contribution in [0.3, 0.4) is 0 Å². The molecule has 0 amide bonds. The highest BCUT2D eigenvalue weighted by molar-refractivity contribution is 9.10. The smallest absolute Gasteiger partial charge is 0.282 e. The number of benzene rings is 3. The molecule has 1 aromatic heterocycles. The summed E-state index contributed by atoms with van der Waals surface area (Å²) in [5.74, 6) is 0.975. The minimum Gasteiger partial charge on any atom is -0.488 e. The quantitative estimate of drug-likeness (QED) is 0.227. The van der Waals surface area contributed by atoms with E-state index in [1.165, 1.54) is 17.2 Å². The second kappa shape index (κ2) is 10.9. The molecule has 1 fully saturated rings. The number of hydrogen-bond donors (Lipinski definition) is 0. The zero-order valence-corrected chi connectivity index (χ0v) is 21.8. The van der Waals surface area contributed by atoms with Gasteiger partial charge >= 0.3 is 0 Å². The highest BCUT2D eigenvalue weighted by Gasteiger charge is 2.22. The summed E-state index contributed by atoms with van der Waals surface area (Å²) in [4.78, 5) is 18.4. The lowest BCUT2D eigenvalue weighted by atomic mass is 9.88. The summed E-state index contributed by atoms with van der Waals surface area (Å²) in [6.45, 7) is 0.0496. The topological polar surface area (TPSA) is 56.5 Å². The molecule has 0 saturated heterocycles. The molecular weight excluding hydrogens is 545 g/mol. The molecule has 4 aromatic rings. The molecule has 8 heteroatoms. The van der Waals surface area contributed by atoms with Crippen LogP contribution in [0.25, 0.3) is 10.9 Å². The Morgan fingerprint density at radius 1 is 1.11 bits per heavy atom. The standard InChI is InChI=1S/C28H24BrClFN3O2/c29-21-10-12-25-23(15-21)28(35)34(27(33-25)18-6-2-1-3-7-18)32-16-20-14-22(30)11-13-26(20)36-17-19-8-4-5-9-24(19)31/h4-5,8-16,18H,1-3,6-7,17H2. The maximum absolute atomic E-state index is 14.1. The number of nitrogens with zero attached hydrogens (tertiary/aromatic N) is 3. The van der Waals surface area contributed by atoms with Crippen LogP contribution >= 0.6 is 27.5 Å². The molecule has 0 radical (unpaired) electrons. The van der Waals surface area contributed by atoms with E-state index in [0.717, 1.165) is 30.2 Å². The minimum absolute atomic E-state index is 0.0496. The van der Waals surface area contributed by atoms with E-state index < -0.39 is 0 Å². The Labute approximate surface area is 221 Å². The molecule has 3 aromatic carbocycles. The first kappa shape index (κ1) is 24.7. The molecule has 0 atom stereocenters. The van der Waals surface area contributed by atoms with Gasteiger partial charge in [-0.3, -0.25) is 4.79 Å². The van der Waals surface area contributed by atoms with E-state index in [1.54, 1.807) is 48.7 Å². The number of hydrogen-bond acceptors (Lipinski definition) is 4. The summed E-state index contributed by atoms with van der Waals surface area (Å²) >= 11 is 9.71. The summed E-state index contributed by atoms with van der Waals surface area (Å²) < 4.78 is 22.2. The molecule has 0 unspecified atom stereocenters. The first-order valence-corrected chi connectivity index (χ1v) is 13.1. The Morgan fingerprint density at radius 2 is 1.92 bits per heavy atom. The third-order valence-corrected chi connectivity index (χ3v) is 7.16. The monoisotopic (exact) mass is 567 g/mol. The Balaban J connectivity index is 1.54. The summed E-state index contributed by atoms with van der Waals surface area (Å²) in [7, 11) is 0. The van der Waals surface area contributed by atoms with Crippen molar-refractivity contribution in [2.24, 2.45) is 5.10 Å². The minimum atomic E-state index is -0.334. The van der Waals surface area contributed by atoms with Crippen molar-refractivity contribution in [1.82, 2.24) is 9.66 Å². The van der Waals surface area contributed by atoms with E-state index in [4.69, 9.17) is 21.3 Å². The number of aromatic nitrogens is 2. The van der Waals surface area contributed by atoms with E-state index in [2.05, 4.69) is 21.0 Å². The molecular formula is C28H24BrClFN3O2. The fourth-order valence-electron chi connectivity index (χ4n) is 4.55. The van der Waals surface area contributed by atoms with E-state index in [0.29, 0.717) is 38.6 Å². The third-order valence-electron chi connectivity index (χ3n) is 6.43. The summed E-state index contributed by atoms with van der Waals surface area (Å²) in [6.07, 6.45) is 6.89. The Bertz CT molecular complexity index is 1500. The van der Waals surface area contributed by atoms with Gasteiger partial charge in [0, 0.05) is 26.5 Å². The molecule has 5 rings (SSSR count). The molecule has 0 bridgehead atoms. The van der Waals surface area contributed by atoms with Crippen molar-refractivity contribution in [3.63, 3.8) is 0 Å². The molecule has 0 spiro atoms. The van der Waals surface area contributed by atoms with Crippen LogP contribution in [-0.4, -0.2) is 15.9 Å². The van der Waals surface area contributed by atoms with Gasteiger partial charge in [-0.2, -0.15) is 9.78 Å². The largest absolute Gasteiger partial charge is 0.488 e. The lowest BCUT2D eigenvalue weighted by Gasteiger charge is -2.22. The van der Waals surface area contributed by atoms with Crippen molar-refractivity contribution in [2.75, 3.05) is 0 Å². The average Bonchev–Trinajstić information content (AvgIpc) is 2.89. The van der Waals surface area contributed by atoms with Gasteiger partial charge in [-0.15, -0.1) is 0 Å². The Hall–Kier alpha value is -3.03. The van der Waals surface area contributed by atoms with Gasteiger partial charge in [0.25, 0.3) is 5.56 Å². The molecule has 1 aliphatic carbocycles. The molecule has 1 aliphatic rings. The van der Waals surface area contributed by atoms with Gasteiger partial charge in [-0.05, 0) is 55.3 Å². The number of halogens is 3. The van der Waals surface area contributed by atoms with Crippen molar-refractivity contribution in [2.45, 2.75) is 44.6 Å².